The number of benzene rings is 2. The summed E-state index contributed by atoms with van der Waals surface area (Å²) in [5.74, 6) is 0.463. The summed E-state index contributed by atoms with van der Waals surface area (Å²) >= 11 is 0. The minimum absolute atomic E-state index is 0.272. The van der Waals surface area contributed by atoms with Crippen molar-refractivity contribution >= 4 is 17.3 Å². The fraction of sp³-hybridized carbons (Fsp3) is 0.176. The van der Waals surface area contributed by atoms with Gasteiger partial charge in [-0.25, -0.2) is 5.43 Å². The zero-order chi connectivity index (χ0) is 15.9. The van der Waals surface area contributed by atoms with E-state index in [1.165, 1.54) is 0 Å². The molecule has 5 nitrogen and oxygen atoms in total. The second-order valence-corrected chi connectivity index (χ2v) is 4.72. The number of anilines is 1. The Morgan fingerprint density at radius 2 is 1.91 bits per heavy atom. The minimum Gasteiger partial charge on any atom is -0.494 e. The van der Waals surface area contributed by atoms with Gasteiger partial charge < -0.3 is 10.5 Å². The van der Waals surface area contributed by atoms with Gasteiger partial charge in [-0.1, -0.05) is 12.1 Å². The van der Waals surface area contributed by atoms with Crippen molar-refractivity contribution in [2.24, 2.45) is 5.10 Å². The highest BCUT2D eigenvalue weighted by molar-refractivity contribution is 6.01. The van der Waals surface area contributed by atoms with E-state index < -0.39 is 0 Å². The predicted octanol–water partition coefficient (Wildman–Crippen LogP) is 2.82. The van der Waals surface area contributed by atoms with Crippen LogP contribution in [-0.4, -0.2) is 18.2 Å². The van der Waals surface area contributed by atoms with Crippen molar-refractivity contribution in [1.29, 1.82) is 0 Å². The van der Waals surface area contributed by atoms with Gasteiger partial charge in [-0.15, -0.1) is 0 Å². The molecule has 22 heavy (non-hydrogen) atoms. The van der Waals surface area contributed by atoms with Crippen LogP contribution in [0.5, 0.6) is 5.75 Å². The van der Waals surface area contributed by atoms with Gasteiger partial charge >= 0.3 is 0 Å². The molecule has 0 aromatic heterocycles. The van der Waals surface area contributed by atoms with Crippen LogP contribution in [0.3, 0.4) is 0 Å². The largest absolute Gasteiger partial charge is 0.494 e. The molecule has 2 aromatic rings. The van der Waals surface area contributed by atoms with Crippen LogP contribution in [0.25, 0.3) is 0 Å². The number of ether oxygens (including phenoxy) is 1. The third-order valence-corrected chi connectivity index (χ3v) is 3.06. The van der Waals surface area contributed by atoms with Gasteiger partial charge in [-0.2, -0.15) is 5.10 Å². The molecular formula is C17H19N3O2. The first-order chi connectivity index (χ1) is 10.6. The van der Waals surface area contributed by atoms with Crippen molar-refractivity contribution in [3.05, 3.63) is 59.7 Å². The van der Waals surface area contributed by atoms with Gasteiger partial charge in [-0.3, -0.25) is 4.79 Å². The lowest BCUT2D eigenvalue weighted by Gasteiger charge is -2.05. The molecule has 0 atom stereocenters. The molecule has 0 saturated carbocycles. The van der Waals surface area contributed by atoms with Gasteiger partial charge in [0.25, 0.3) is 5.91 Å². The molecule has 0 bridgehead atoms. The summed E-state index contributed by atoms with van der Waals surface area (Å²) in [5.41, 5.74) is 11.0. The average Bonchev–Trinajstić information content (AvgIpc) is 2.53. The van der Waals surface area contributed by atoms with E-state index in [9.17, 15) is 4.79 Å². The van der Waals surface area contributed by atoms with Crippen LogP contribution in [0.15, 0.2) is 53.6 Å². The lowest BCUT2D eigenvalue weighted by atomic mass is 10.1. The molecule has 5 heteroatoms. The summed E-state index contributed by atoms with van der Waals surface area (Å²) in [6, 6.07) is 14.3. The Bertz CT molecular complexity index is 679. The van der Waals surface area contributed by atoms with E-state index >= 15 is 0 Å². The second-order valence-electron chi connectivity index (χ2n) is 4.72. The van der Waals surface area contributed by atoms with Crippen LogP contribution in [0.4, 0.5) is 5.69 Å². The van der Waals surface area contributed by atoms with E-state index in [4.69, 9.17) is 10.5 Å². The molecule has 0 radical (unpaired) electrons. The number of amides is 1. The zero-order valence-electron chi connectivity index (χ0n) is 12.7. The van der Waals surface area contributed by atoms with Crippen LogP contribution in [0.2, 0.25) is 0 Å². The first-order valence-corrected chi connectivity index (χ1v) is 7.03. The number of nitrogen functional groups attached to an aromatic ring is 1. The first kappa shape index (κ1) is 15.6. The number of carbonyl (C=O) groups is 1. The molecule has 0 heterocycles. The summed E-state index contributed by atoms with van der Waals surface area (Å²) < 4.78 is 5.34. The highest BCUT2D eigenvalue weighted by Gasteiger charge is 2.05. The lowest BCUT2D eigenvalue weighted by Crippen LogP contribution is -2.19. The molecule has 0 saturated heterocycles. The number of nitrogens with zero attached hydrogens (tertiary/aromatic N) is 1. The second kappa shape index (κ2) is 7.26. The Morgan fingerprint density at radius 1 is 1.18 bits per heavy atom. The van der Waals surface area contributed by atoms with Crippen LogP contribution in [0.1, 0.15) is 29.8 Å². The molecule has 0 unspecified atom stereocenters. The molecular weight excluding hydrogens is 278 g/mol. The molecule has 2 aromatic carbocycles. The number of rotatable bonds is 5. The molecule has 0 aliphatic carbocycles. The third-order valence-electron chi connectivity index (χ3n) is 3.06. The summed E-state index contributed by atoms with van der Waals surface area (Å²) in [5, 5.41) is 4.10. The summed E-state index contributed by atoms with van der Waals surface area (Å²) in [6.45, 7) is 4.32. The molecule has 1 amide bonds. The van der Waals surface area contributed by atoms with Crippen molar-refractivity contribution in [2.45, 2.75) is 13.8 Å². The maximum atomic E-state index is 12.0. The van der Waals surface area contributed by atoms with Crippen molar-refractivity contribution in [3.8, 4) is 5.75 Å². The predicted molar refractivity (Wildman–Crippen MR) is 88.1 cm³/mol. The van der Waals surface area contributed by atoms with Crippen LogP contribution in [0, 0.1) is 0 Å². The Labute approximate surface area is 129 Å². The fourth-order valence-electron chi connectivity index (χ4n) is 1.90. The van der Waals surface area contributed by atoms with Gasteiger partial charge in [0.05, 0.1) is 12.3 Å². The average molecular weight is 297 g/mol. The van der Waals surface area contributed by atoms with Crippen molar-refractivity contribution in [1.82, 2.24) is 5.43 Å². The monoisotopic (exact) mass is 297 g/mol. The van der Waals surface area contributed by atoms with E-state index in [1.54, 1.807) is 30.3 Å². The number of hydrazone groups is 1. The minimum atomic E-state index is -0.272. The smallest absolute Gasteiger partial charge is 0.271 e. The van der Waals surface area contributed by atoms with E-state index in [0.29, 0.717) is 23.6 Å². The SMILES string of the molecule is CCOc1ccc(C(=O)NN=C(C)c2cccc(N)c2)cc1. The lowest BCUT2D eigenvalue weighted by molar-refractivity contribution is 0.0955. The normalized spacial score (nSPS) is 11.1. The van der Waals surface area contributed by atoms with E-state index in [1.807, 2.05) is 32.0 Å². The number of carbonyl (C=O) groups excluding carboxylic acids is 1. The Kier molecular flexibility index (Phi) is 5.14. The quantitative estimate of drug-likeness (QED) is 0.506. The number of hydrogen-bond donors (Lipinski definition) is 2. The maximum Gasteiger partial charge on any atom is 0.271 e. The summed E-state index contributed by atoms with van der Waals surface area (Å²) in [6.07, 6.45) is 0. The van der Waals surface area contributed by atoms with Crippen LogP contribution < -0.4 is 15.9 Å². The number of hydrogen-bond acceptors (Lipinski definition) is 4. The zero-order valence-corrected chi connectivity index (χ0v) is 12.7. The Balaban J connectivity index is 2.03. The standard InChI is InChI=1S/C17H19N3O2/c1-3-22-16-9-7-13(8-10-16)17(21)20-19-12(2)14-5-4-6-15(18)11-14/h4-11H,3,18H2,1-2H3,(H,20,21). The molecule has 2 rings (SSSR count). The molecule has 114 valence electrons. The van der Waals surface area contributed by atoms with Crippen LogP contribution >= 0.6 is 0 Å². The maximum absolute atomic E-state index is 12.0. The summed E-state index contributed by atoms with van der Waals surface area (Å²) in [7, 11) is 0. The van der Waals surface area contributed by atoms with Gasteiger partial charge in [0.15, 0.2) is 0 Å². The fourth-order valence-corrected chi connectivity index (χ4v) is 1.90. The van der Waals surface area contributed by atoms with E-state index in [0.717, 1.165) is 11.3 Å². The molecule has 0 spiro atoms. The molecule has 0 fully saturated rings. The van der Waals surface area contributed by atoms with Crippen molar-refractivity contribution < 1.29 is 9.53 Å². The van der Waals surface area contributed by atoms with E-state index in [2.05, 4.69) is 10.5 Å². The molecule has 0 aliphatic heterocycles. The van der Waals surface area contributed by atoms with Gasteiger partial charge in [0.2, 0.25) is 0 Å². The highest BCUT2D eigenvalue weighted by Crippen LogP contribution is 2.12. The third kappa shape index (κ3) is 4.09. The van der Waals surface area contributed by atoms with Gasteiger partial charge in [0, 0.05) is 11.3 Å². The van der Waals surface area contributed by atoms with Crippen molar-refractivity contribution in [3.63, 3.8) is 0 Å². The highest BCUT2D eigenvalue weighted by atomic mass is 16.5. The first-order valence-electron chi connectivity index (χ1n) is 7.03. The number of nitrogens with two attached hydrogens (primary N) is 1. The van der Waals surface area contributed by atoms with Gasteiger partial charge in [0.1, 0.15) is 5.75 Å². The number of nitrogens with one attached hydrogen (secondary N) is 1. The van der Waals surface area contributed by atoms with Gasteiger partial charge in [-0.05, 0) is 55.8 Å². The summed E-state index contributed by atoms with van der Waals surface area (Å²) in [4.78, 5) is 12.0. The van der Waals surface area contributed by atoms with Crippen molar-refractivity contribution in [2.75, 3.05) is 12.3 Å². The molecule has 3 N–H and O–H groups in total. The van der Waals surface area contributed by atoms with E-state index in [-0.39, 0.29) is 5.91 Å². The molecule has 0 aliphatic rings. The Hall–Kier alpha value is -2.82. The topological polar surface area (TPSA) is 76.7 Å². The van der Waals surface area contributed by atoms with Crippen LogP contribution in [-0.2, 0) is 0 Å². The Morgan fingerprint density at radius 3 is 2.55 bits per heavy atom.